The first-order valence-corrected chi connectivity index (χ1v) is 13.4. The van der Waals surface area contributed by atoms with Gasteiger partial charge in [0, 0.05) is 73.3 Å². The number of fused-ring (bicyclic) bond motifs is 2. The number of hydrogen-bond acceptors (Lipinski definition) is 8. The second kappa shape index (κ2) is 10.3. The van der Waals surface area contributed by atoms with E-state index in [1.165, 1.54) is 10.7 Å². The van der Waals surface area contributed by atoms with Gasteiger partial charge < -0.3 is 25.6 Å². The maximum Gasteiger partial charge on any atom is 0.317 e. The molecule has 12 heteroatoms. The lowest BCUT2D eigenvalue weighted by Crippen LogP contribution is -2.54. The summed E-state index contributed by atoms with van der Waals surface area (Å²) in [5, 5.41) is 14.5. The Morgan fingerprint density at radius 2 is 1.98 bits per heavy atom. The van der Waals surface area contributed by atoms with E-state index >= 15 is 0 Å². The van der Waals surface area contributed by atoms with E-state index in [0.29, 0.717) is 34.9 Å². The van der Waals surface area contributed by atoms with Crippen molar-refractivity contribution in [3.05, 3.63) is 48.0 Å². The van der Waals surface area contributed by atoms with Crippen LogP contribution in [-0.2, 0) is 11.8 Å². The van der Waals surface area contributed by atoms with Gasteiger partial charge in [0.2, 0.25) is 0 Å². The molecule has 2 aromatic heterocycles. The lowest BCUT2D eigenvalue weighted by Gasteiger charge is -2.38. The van der Waals surface area contributed by atoms with E-state index in [9.17, 15) is 14.0 Å². The number of aryl methyl sites for hydroxylation is 1. The van der Waals surface area contributed by atoms with Crippen LogP contribution in [0.4, 0.5) is 15.8 Å². The Balaban J connectivity index is 1.39. The fraction of sp³-hybridized carbons (Fsp3) is 0.393. The Morgan fingerprint density at radius 1 is 1.18 bits per heavy atom. The summed E-state index contributed by atoms with van der Waals surface area (Å²) < 4.78 is 22.1. The summed E-state index contributed by atoms with van der Waals surface area (Å²) in [6.45, 7) is 6.41. The summed E-state index contributed by atoms with van der Waals surface area (Å²) in [7, 11) is 1.71. The van der Waals surface area contributed by atoms with E-state index in [1.807, 2.05) is 6.07 Å². The van der Waals surface area contributed by atoms with Crippen molar-refractivity contribution in [1.82, 2.24) is 30.4 Å². The van der Waals surface area contributed by atoms with Crippen molar-refractivity contribution in [3.8, 4) is 6.01 Å². The van der Waals surface area contributed by atoms with Crippen LogP contribution in [0.5, 0.6) is 6.01 Å². The molecule has 2 aliphatic heterocycles. The zero-order chi connectivity index (χ0) is 28.0. The smallest absolute Gasteiger partial charge is 0.317 e. The molecule has 2 aliphatic rings. The SMILES string of the molecule is C[C@@H]1CN(c2ccc(C(=O)Nc3cc(F)c4nn(C)cc4c3)c3nc(OC4CCCNC4=O)ncc23)C[C@H](C)N1. The van der Waals surface area contributed by atoms with E-state index in [1.54, 1.807) is 31.6 Å². The third-order valence-corrected chi connectivity index (χ3v) is 7.27. The van der Waals surface area contributed by atoms with E-state index in [0.717, 1.165) is 25.2 Å². The monoisotopic (exact) mass is 546 g/mol. The predicted octanol–water partition coefficient (Wildman–Crippen LogP) is 2.75. The summed E-state index contributed by atoms with van der Waals surface area (Å²) in [5.74, 6) is -1.20. The largest absolute Gasteiger partial charge is 0.450 e. The maximum absolute atomic E-state index is 14.7. The molecule has 11 nitrogen and oxygen atoms in total. The molecular formula is C28H31FN8O3. The molecule has 0 saturated carbocycles. The van der Waals surface area contributed by atoms with Crippen molar-refractivity contribution in [2.75, 3.05) is 29.9 Å². The Labute approximate surface area is 230 Å². The lowest BCUT2D eigenvalue weighted by atomic mass is 10.0. The molecule has 2 saturated heterocycles. The number of carbonyl (C=O) groups is 2. The second-order valence-corrected chi connectivity index (χ2v) is 10.6. The number of benzene rings is 2. The third-order valence-electron chi connectivity index (χ3n) is 7.27. The van der Waals surface area contributed by atoms with Crippen LogP contribution in [0.2, 0.25) is 0 Å². The van der Waals surface area contributed by atoms with Crippen LogP contribution in [0.25, 0.3) is 21.8 Å². The highest BCUT2D eigenvalue weighted by Gasteiger charge is 2.27. The van der Waals surface area contributed by atoms with Crippen molar-refractivity contribution in [2.45, 2.75) is 44.9 Å². The fourth-order valence-electron chi connectivity index (χ4n) is 5.60. The van der Waals surface area contributed by atoms with Crippen LogP contribution >= 0.6 is 0 Å². The lowest BCUT2D eigenvalue weighted by molar-refractivity contribution is -0.130. The van der Waals surface area contributed by atoms with Crippen LogP contribution in [0, 0.1) is 5.82 Å². The molecule has 0 aliphatic carbocycles. The minimum Gasteiger partial charge on any atom is -0.450 e. The topological polar surface area (TPSA) is 126 Å². The molecule has 3 atom stereocenters. The molecule has 3 N–H and O–H groups in total. The van der Waals surface area contributed by atoms with Crippen molar-refractivity contribution in [2.24, 2.45) is 7.05 Å². The van der Waals surface area contributed by atoms with E-state index in [-0.39, 0.29) is 35.1 Å². The normalized spacial score (nSPS) is 21.4. The quantitative estimate of drug-likeness (QED) is 0.349. The molecule has 0 spiro atoms. The maximum atomic E-state index is 14.7. The molecule has 4 aromatic rings. The highest BCUT2D eigenvalue weighted by Crippen LogP contribution is 2.32. The molecule has 4 heterocycles. The van der Waals surface area contributed by atoms with Crippen molar-refractivity contribution >= 4 is 45.0 Å². The van der Waals surface area contributed by atoms with Crippen LogP contribution < -0.4 is 25.6 Å². The van der Waals surface area contributed by atoms with Crippen LogP contribution in [0.15, 0.2) is 36.7 Å². The first-order chi connectivity index (χ1) is 19.2. The van der Waals surface area contributed by atoms with E-state index < -0.39 is 17.8 Å². The number of nitrogens with zero attached hydrogens (tertiary/aromatic N) is 5. The average molecular weight is 547 g/mol. The average Bonchev–Trinajstić information content (AvgIpc) is 3.29. The van der Waals surface area contributed by atoms with Gasteiger partial charge >= 0.3 is 6.01 Å². The number of hydrogen-bond donors (Lipinski definition) is 3. The number of aromatic nitrogens is 4. The Hall–Kier alpha value is -4.32. The molecule has 1 unspecified atom stereocenters. The number of piperidine rings is 1. The molecule has 0 radical (unpaired) electrons. The molecule has 208 valence electrons. The van der Waals surface area contributed by atoms with Gasteiger partial charge in [0.25, 0.3) is 11.8 Å². The molecule has 2 aromatic carbocycles. The molecule has 2 amide bonds. The number of anilines is 2. The number of halogens is 1. The van der Waals surface area contributed by atoms with E-state index in [4.69, 9.17) is 4.74 Å². The Morgan fingerprint density at radius 3 is 2.75 bits per heavy atom. The Kier molecular flexibility index (Phi) is 6.70. The predicted molar refractivity (Wildman–Crippen MR) is 149 cm³/mol. The molecule has 0 bridgehead atoms. The van der Waals surface area contributed by atoms with Crippen LogP contribution in [0.1, 0.15) is 37.0 Å². The summed E-state index contributed by atoms with van der Waals surface area (Å²) in [4.78, 5) is 37.2. The van der Waals surface area contributed by atoms with Crippen molar-refractivity contribution in [1.29, 1.82) is 0 Å². The zero-order valence-electron chi connectivity index (χ0n) is 22.6. The van der Waals surface area contributed by atoms with Gasteiger partial charge in [-0.05, 0) is 51.0 Å². The first kappa shape index (κ1) is 25.9. The highest BCUT2D eigenvalue weighted by atomic mass is 19.1. The molecule has 2 fully saturated rings. The van der Waals surface area contributed by atoms with Gasteiger partial charge in [0.1, 0.15) is 5.52 Å². The van der Waals surface area contributed by atoms with Gasteiger partial charge in [-0.15, -0.1) is 0 Å². The highest BCUT2D eigenvalue weighted by molar-refractivity contribution is 6.14. The summed E-state index contributed by atoms with van der Waals surface area (Å²) in [6.07, 6.45) is 3.98. The molecule has 40 heavy (non-hydrogen) atoms. The number of nitrogens with one attached hydrogen (secondary N) is 3. The minimum atomic E-state index is -0.698. The summed E-state index contributed by atoms with van der Waals surface area (Å²) >= 11 is 0. The summed E-state index contributed by atoms with van der Waals surface area (Å²) in [6, 6.07) is 7.09. The number of ether oxygens (including phenoxy) is 1. The molecule has 6 rings (SSSR count). The van der Waals surface area contributed by atoms with Gasteiger partial charge in [0.15, 0.2) is 11.9 Å². The van der Waals surface area contributed by atoms with Gasteiger partial charge in [-0.2, -0.15) is 10.1 Å². The zero-order valence-corrected chi connectivity index (χ0v) is 22.6. The fourth-order valence-corrected chi connectivity index (χ4v) is 5.60. The van der Waals surface area contributed by atoms with Crippen molar-refractivity contribution in [3.63, 3.8) is 0 Å². The Bertz CT molecular complexity index is 1610. The summed E-state index contributed by atoms with van der Waals surface area (Å²) in [5.41, 5.74) is 2.10. The van der Waals surface area contributed by atoms with E-state index in [2.05, 4.69) is 49.8 Å². The van der Waals surface area contributed by atoms with Crippen LogP contribution in [0.3, 0.4) is 0 Å². The standard InChI is InChI=1S/C28H31FN8O3/c1-15-12-37(13-16(2)32-15)22-7-6-19(26(38)33-18-9-17-14-36(3)35-24(17)21(29)10-18)25-20(22)11-31-28(34-25)40-23-5-4-8-30-27(23)39/h6-7,9-11,14-16,23,32H,4-5,8,12-13H2,1-3H3,(H,30,39)(H,33,38)/t15-,16+,23?. The number of carbonyl (C=O) groups excluding carboxylic acids is 2. The molecular weight excluding hydrogens is 515 g/mol. The minimum absolute atomic E-state index is 0.0191. The van der Waals surface area contributed by atoms with Crippen molar-refractivity contribution < 1.29 is 18.7 Å². The number of piperazine rings is 1. The third kappa shape index (κ3) is 5.02. The number of rotatable bonds is 5. The van der Waals surface area contributed by atoms with Gasteiger partial charge in [-0.3, -0.25) is 14.3 Å². The van der Waals surface area contributed by atoms with Crippen LogP contribution in [-0.4, -0.2) is 69.4 Å². The van der Waals surface area contributed by atoms with Gasteiger partial charge in [0.05, 0.1) is 11.1 Å². The van der Waals surface area contributed by atoms with Gasteiger partial charge in [-0.1, -0.05) is 0 Å². The first-order valence-electron chi connectivity index (χ1n) is 13.4. The second-order valence-electron chi connectivity index (χ2n) is 10.6. The number of amides is 2. The van der Waals surface area contributed by atoms with Gasteiger partial charge in [-0.25, -0.2) is 9.37 Å².